The van der Waals surface area contributed by atoms with Gasteiger partial charge in [0.1, 0.15) is 11.4 Å². The summed E-state index contributed by atoms with van der Waals surface area (Å²) in [6.45, 7) is 3.78. The van der Waals surface area contributed by atoms with Crippen molar-refractivity contribution in [2.75, 3.05) is 16.8 Å². The zero-order valence-electron chi connectivity index (χ0n) is 19.9. The van der Waals surface area contributed by atoms with Crippen LogP contribution in [0, 0.1) is 0 Å². The number of carbonyl (C=O) groups excluding carboxylic acids is 1. The molecule has 1 saturated heterocycles. The Labute approximate surface area is 209 Å². The van der Waals surface area contributed by atoms with Gasteiger partial charge in [0.2, 0.25) is 5.91 Å². The molecule has 4 rings (SSSR count). The van der Waals surface area contributed by atoms with Crippen molar-refractivity contribution in [3.05, 3.63) is 72.1 Å². The van der Waals surface area contributed by atoms with Gasteiger partial charge >= 0.3 is 12.5 Å². The Bertz CT molecular complexity index is 1300. The molecule has 3 aromatic rings. The van der Waals surface area contributed by atoms with Gasteiger partial charge < -0.3 is 15.0 Å². The molecular weight excluding hydrogens is 500 g/mol. The molecule has 0 atom stereocenters. The Morgan fingerprint density at radius 2 is 1.59 bits per heavy atom. The summed E-state index contributed by atoms with van der Waals surface area (Å²) in [6, 6.07) is 14.0. The number of nitrogens with one attached hydrogen (secondary N) is 1. The van der Waals surface area contributed by atoms with Crippen LogP contribution in [0.4, 0.5) is 37.7 Å². The number of carbonyl (C=O) groups is 1. The molecule has 1 N–H and O–H groups in total. The smallest absolute Gasteiger partial charge is 0.406 e. The fraction of sp³-hybridized carbons (Fsp3) is 0.308. The molecule has 0 aliphatic carbocycles. The predicted molar refractivity (Wildman–Crippen MR) is 126 cm³/mol. The minimum Gasteiger partial charge on any atom is -0.406 e. The van der Waals surface area contributed by atoms with Crippen molar-refractivity contribution in [2.45, 2.75) is 44.8 Å². The molecule has 2 aromatic carbocycles. The molecule has 196 valence electrons. The van der Waals surface area contributed by atoms with Gasteiger partial charge in [-0.3, -0.25) is 4.79 Å². The lowest BCUT2D eigenvalue weighted by atomic mass is 9.97. The number of nitrogens with zero attached hydrogens (tertiary/aromatic N) is 2. The van der Waals surface area contributed by atoms with Crippen LogP contribution in [0.25, 0.3) is 11.1 Å². The second-order valence-electron chi connectivity index (χ2n) is 9.15. The van der Waals surface area contributed by atoms with Gasteiger partial charge in [-0.1, -0.05) is 18.2 Å². The average molecular weight is 523 g/mol. The second kappa shape index (κ2) is 9.60. The lowest BCUT2D eigenvalue weighted by Crippen LogP contribution is -2.30. The highest BCUT2D eigenvalue weighted by atomic mass is 19.4. The first-order valence-corrected chi connectivity index (χ1v) is 11.4. The molecule has 11 heteroatoms. The van der Waals surface area contributed by atoms with Crippen molar-refractivity contribution in [2.24, 2.45) is 0 Å². The van der Waals surface area contributed by atoms with E-state index < -0.39 is 29.5 Å². The third kappa shape index (κ3) is 6.33. The summed E-state index contributed by atoms with van der Waals surface area (Å²) >= 11 is 0. The summed E-state index contributed by atoms with van der Waals surface area (Å²) in [7, 11) is 0. The van der Waals surface area contributed by atoms with E-state index in [9.17, 15) is 31.1 Å². The SMILES string of the molecule is CC(C)(Nc1cc(-c2cccc(OC(F)(F)F)c2)cc(N2CCCC2=O)c1)c1cccc(C(F)(F)F)n1. The number of halogens is 6. The first-order valence-electron chi connectivity index (χ1n) is 11.4. The molecular formula is C26H23F6N3O2. The average Bonchev–Trinajstić information content (AvgIpc) is 3.23. The third-order valence-electron chi connectivity index (χ3n) is 5.84. The standard InChI is InChI=1S/C26H23F6N3O2/c1-24(2,21-8-4-9-22(33-21)25(27,28)29)34-18-12-17(13-19(15-18)35-11-5-10-23(35)36)16-6-3-7-20(14-16)37-26(30,31)32/h3-4,6-9,12-15,34H,5,10-11H2,1-2H3. The number of pyridine rings is 1. The van der Waals surface area contributed by atoms with Crippen molar-refractivity contribution < 1.29 is 35.9 Å². The van der Waals surface area contributed by atoms with Gasteiger partial charge in [-0.25, -0.2) is 4.98 Å². The van der Waals surface area contributed by atoms with Crippen molar-refractivity contribution >= 4 is 17.3 Å². The van der Waals surface area contributed by atoms with Crippen LogP contribution in [0.1, 0.15) is 38.1 Å². The van der Waals surface area contributed by atoms with Gasteiger partial charge in [-0.15, -0.1) is 13.2 Å². The van der Waals surface area contributed by atoms with E-state index in [1.807, 2.05) is 0 Å². The maximum Gasteiger partial charge on any atom is 0.573 e. The van der Waals surface area contributed by atoms with Crippen LogP contribution in [0.15, 0.2) is 60.7 Å². The normalized spacial score (nSPS) is 14.7. The van der Waals surface area contributed by atoms with Crippen molar-refractivity contribution in [1.29, 1.82) is 0 Å². The van der Waals surface area contributed by atoms with Crippen LogP contribution < -0.4 is 15.0 Å². The van der Waals surface area contributed by atoms with Crippen LogP contribution in [0.3, 0.4) is 0 Å². The molecule has 0 saturated carbocycles. The van der Waals surface area contributed by atoms with E-state index in [1.165, 1.54) is 30.3 Å². The number of benzene rings is 2. The highest BCUT2D eigenvalue weighted by Crippen LogP contribution is 2.36. The van der Waals surface area contributed by atoms with E-state index in [4.69, 9.17) is 0 Å². The lowest BCUT2D eigenvalue weighted by Gasteiger charge is -2.29. The second-order valence-corrected chi connectivity index (χ2v) is 9.15. The molecule has 1 amide bonds. The minimum absolute atomic E-state index is 0.101. The van der Waals surface area contributed by atoms with Gasteiger partial charge in [0.15, 0.2) is 0 Å². The minimum atomic E-state index is -4.86. The third-order valence-corrected chi connectivity index (χ3v) is 5.84. The summed E-state index contributed by atoms with van der Waals surface area (Å²) in [5.74, 6) is -0.508. The van der Waals surface area contributed by atoms with E-state index in [0.29, 0.717) is 41.9 Å². The molecule has 37 heavy (non-hydrogen) atoms. The number of aromatic nitrogens is 1. The molecule has 0 unspecified atom stereocenters. The van der Waals surface area contributed by atoms with Gasteiger partial charge in [0, 0.05) is 24.3 Å². The van der Waals surface area contributed by atoms with Gasteiger partial charge in [-0.2, -0.15) is 13.2 Å². The number of ether oxygens (including phenoxy) is 1. The first-order chi connectivity index (χ1) is 17.2. The van der Waals surface area contributed by atoms with Crippen LogP contribution in [0.2, 0.25) is 0 Å². The van der Waals surface area contributed by atoms with E-state index in [-0.39, 0.29) is 11.6 Å². The zero-order chi connectivity index (χ0) is 27.0. The van der Waals surface area contributed by atoms with E-state index >= 15 is 0 Å². The Morgan fingerprint density at radius 1 is 0.892 bits per heavy atom. The molecule has 1 aliphatic heterocycles. The molecule has 5 nitrogen and oxygen atoms in total. The Hall–Kier alpha value is -3.76. The largest absolute Gasteiger partial charge is 0.573 e. The van der Waals surface area contributed by atoms with E-state index in [1.54, 1.807) is 43.0 Å². The predicted octanol–water partition coefficient (Wildman–Crippen LogP) is 7.14. The molecule has 0 radical (unpaired) electrons. The van der Waals surface area contributed by atoms with Crippen LogP contribution in [-0.4, -0.2) is 23.8 Å². The highest BCUT2D eigenvalue weighted by Gasteiger charge is 2.34. The Kier molecular flexibility index (Phi) is 6.83. The lowest BCUT2D eigenvalue weighted by molar-refractivity contribution is -0.274. The fourth-order valence-corrected chi connectivity index (χ4v) is 4.17. The molecule has 2 heterocycles. The summed E-state index contributed by atoms with van der Waals surface area (Å²) in [5, 5.41) is 3.18. The summed E-state index contributed by atoms with van der Waals surface area (Å²) < 4.78 is 81.9. The maximum absolute atomic E-state index is 13.2. The monoisotopic (exact) mass is 523 g/mol. The van der Waals surface area contributed by atoms with Gasteiger partial charge in [0.25, 0.3) is 0 Å². The van der Waals surface area contributed by atoms with E-state index in [0.717, 1.165) is 6.07 Å². The number of hydrogen-bond donors (Lipinski definition) is 1. The molecule has 1 aromatic heterocycles. The molecule has 0 bridgehead atoms. The summed E-state index contributed by atoms with van der Waals surface area (Å²) in [4.78, 5) is 17.8. The van der Waals surface area contributed by atoms with Crippen LogP contribution in [0.5, 0.6) is 5.75 Å². The van der Waals surface area contributed by atoms with Crippen molar-refractivity contribution in [1.82, 2.24) is 4.98 Å². The topological polar surface area (TPSA) is 54.5 Å². The van der Waals surface area contributed by atoms with Crippen molar-refractivity contribution in [3.63, 3.8) is 0 Å². The Balaban J connectivity index is 1.74. The van der Waals surface area contributed by atoms with E-state index in [2.05, 4.69) is 15.0 Å². The highest BCUT2D eigenvalue weighted by molar-refractivity contribution is 5.96. The number of rotatable bonds is 6. The maximum atomic E-state index is 13.2. The van der Waals surface area contributed by atoms with Crippen molar-refractivity contribution in [3.8, 4) is 16.9 Å². The summed E-state index contributed by atoms with van der Waals surface area (Å²) in [5.41, 5.74) is -0.136. The number of amides is 1. The molecule has 1 aliphatic rings. The van der Waals surface area contributed by atoms with Gasteiger partial charge in [0.05, 0.1) is 11.2 Å². The zero-order valence-corrected chi connectivity index (χ0v) is 19.9. The van der Waals surface area contributed by atoms with Crippen LogP contribution >= 0.6 is 0 Å². The number of alkyl halides is 6. The fourth-order valence-electron chi connectivity index (χ4n) is 4.17. The quantitative estimate of drug-likeness (QED) is 0.349. The van der Waals surface area contributed by atoms with Crippen LogP contribution in [-0.2, 0) is 16.5 Å². The summed E-state index contributed by atoms with van der Waals surface area (Å²) in [6.07, 6.45) is -8.46. The Morgan fingerprint density at radius 3 is 2.24 bits per heavy atom. The molecule has 0 spiro atoms. The first kappa shape index (κ1) is 26.3. The number of hydrogen-bond acceptors (Lipinski definition) is 4. The number of anilines is 2. The molecule has 1 fully saturated rings. The van der Waals surface area contributed by atoms with Gasteiger partial charge in [-0.05, 0) is 73.9 Å².